The Hall–Kier alpha value is -2.19. The molecule has 0 bridgehead atoms. The number of carbonyl (C=O) groups is 3. The van der Waals surface area contributed by atoms with Crippen molar-refractivity contribution in [3.63, 3.8) is 0 Å². The average Bonchev–Trinajstić information content (AvgIpc) is 2.58. The van der Waals surface area contributed by atoms with E-state index in [2.05, 4.69) is 44.5 Å². The lowest BCUT2D eigenvalue weighted by Crippen LogP contribution is -2.64. The van der Waals surface area contributed by atoms with E-state index in [0.29, 0.717) is 11.3 Å². The summed E-state index contributed by atoms with van der Waals surface area (Å²) in [5, 5.41) is 5.61. The van der Waals surface area contributed by atoms with Crippen LogP contribution >= 0.6 is 0 Å². The lowest BCUT2D eigenvalue weighted by molar-refractivity contribution is -0.139. The molecule has 1 saturated heterocycles. The van der Waals surface area contributed by atoms with Crippen LogP contribution in [0.2, 0.25) is 18.1 Å². The number of β-lactam (4-membered cyclic amide) rings is 1. The SMILES string of the molecule is C[C@@H](O[Si](C)(C)C(C)(C)C)[C@H]1C(=O)N[C@@H]1CC(=O)c1ccc(OC(=O)NC(C)(C)C)cc1. The summed E-state index contributed by atoms with van der Waals surface area (Å²) < 4.78 is 11.6. The van der Waals surface area contributed by atoms with Crippen LogP contribution in [-0.4, -0.2) is 43.8 Å². The third-order valence-electron chi connectivity index (χ3n) is 6.13. The predicted octanol–water partition coefficient (Wildman–Crippen LogP) is 4.67. The Morgan fingerprint density at radius 3 is 2.12 bits per heavy atom. The molecule has 7 nitrogen and oxygen atoms in total. The lowest BCUT2D eigenvalue weighted by Gasteiger charge is -2.45. The van der Waals surface area contributed by atoms with Gasteiger partial charge in [-0.25, -0.2) is 4.79 Å². The van der Waals surface area contributed by atoms with Gasteiger partial charge in [0.1, 0.15) is 5.75 Å². The van der Waals surface area contributed by atoms with Crippen molar-refractivity contribution in [3.8, 4) is 5.75 Å². The van der Waals surface area contributed by atoms with E-state index in [9.17, 15) is 14.4 Å². The van der Waals surface area contributed by atoms with Crippen LogP contribution in [-0.2, 0) is 9.22 Å². The zero-order valence-corrected chi connectivity index (χ0v) is 21.8. The predicted molar refractivity (Wildman–Crippen MR) is 127 cm³/mol. The number of Topliss-reactive ketones (excluding diaryl/α,β-unsaturated/α-hetero) is 1. The third kappa shape index (κ3) is 6.65. The molecule has 0 unspecified atom stereocenters. The van der Waals surface area contributed by atoms with Gasteiger partial charge in [0.05, 0.1) is 18.1 Å². The summed E-state index contributed by atoms with van der Waals surface area (Å²) in [7, 11) is -2.02. The topological polar surface area (TPSA) is 93.7 Å². The number of rotatable bonds is 7. The summed E-state index contributed by atoms with van der Waals surface area (Å²) in [6.07, 6.45) is -0.598. The highest BCUT2D eigenvalue weighted by atomic mass is 28.4. The maximum Gasteiger partial charge on any atom is 0.413 e. The molecule has 178 valence electrons. The Kier molecular flexibility index (Phi) is 7.62. The number of nitrogens with one attached hydrogen (secondary N) is 2. The van der Waals surface area contributed by atoms with E-state index in [1.807, 2.05) is 27.7 Å². The first-order valence-electron chi connectivity index (χ1n) is 11.1. The number of amides is 2. The second-order valence-corrected chi connectivity index (χ2v) is 15.9. The maximum atomic E-state index is 12.8. The highest BCUT2D eigenvalue weighted by molar-refractivity contribution is 6.74. The van der Waals surface area contributed by atoms with E-state index in [4.69, 9.17) is 9.16 Å². The minimum Gasteiger partial charge on any atom is -0.413 e. The van der Waals surface area contributed by atoms with Gasteiger partial charge < -0.3 is 19.8 Å². The van der Waals surface area contributed by atoms with Crippen LogP contribution < -0.4 is 15.4 Å². The van der Waals surface area contributed by atoms with E-state index in [-0.39, 0.29) is 41.2 Å². The first-order valence-corrected chi connectivity index (χ1v) is 14.0. The second kappa shape index (κ2) is 9.35. The monoisotopic (exact) mass is 462 g/mol. The van der Waals surface area contributed by atoms with Gasteiger partial charge in [-0.1, -0.05) is 20.8 Å². The summed E-state index contributed by atoms with van der Waals surface area (Å²) in [6.45, 7) is 18.3. The fourth-order valence-electron chi connectivity index (χ4n) is 3.35. The molecule has 2 N–H and O–H groups in total. The van der Waals surface area contributed by atoms with Crippen molar-refractivity contribution in [2.24, 2.45) is 5.92 Å². The molecule has 0 aliphatic carbocycles. The number of ether oxygens (including phenoxy) is 1. The highest BCUT2D eigenvalue weighted by Gasteiger charge is 2.47. The molecule has 1 fully saturated rings. The molecule has 1 aromatic carbocycles. The van der Waals surface area contributed by atoms with E-state index < -0.39 is 19.9 Å². The fourth-order valence-corrected chi connectivity index (χ4v) is 4.78. The molecule has 0 spiro atoms. The zero-order valence-electron chi connectivity index (χ0n) is 20.8. The van der Waals surface area contributed by atoms with Gasteiger partial charge in [-0.15, -0.1) is 0 Å². The number of hydrogen-bond donors (Lipinski definition) is 2. The molecule has 2 amide bonds. The summed E-state index contributed by atoms with van der Waals surface area (Å²) in [6, 6.07) is 6.20. The van der Waals surface area contributed by atoms with Crippen LogP contribution in [0.25, 0.3) is 0 Å². The van der Waals surface area contributed by atoms with Gasteiger partial charge in [-0.05, 0) is 70.1 Å². The van der Waals surface area contributed by atoms with E-state index in [0.717, 1.165) is 0 Å². The molecular formula is C24H38N2O5Si. The molecule has 0 radical (unpaired) electrons. The highest BCUT2D eigenvalue weighted by Crippen LogP contribution is 2.39. The van der Waals surface area contributed by atoms with Crippen molar-refractivity contribution in [1.29, 1.82) is 0 Å². The van der Waals surface area contributed by atoms with Gasteiger partial charge in [0.15, 0.2) is 14.1 Å². The Balaban J connectivity index is 1.97. The fraction of sp³-hybridized carbons (Fsp3) is 0.625. The van der Waals surface area contributed by atoms with E-state index >= 15 is 0 Å². The van der Waals surface area contributed by atoms with Crippen LogP contribution in [0.5, 0.6) is 5.75 Å². The first kappa shape index (κ1) is 26.1. The zero-order chi connectivity index (χ0) is 24.5. The van der Waals surface area contributed by atoms with Crippen molar-refractivity contribution >= 4 is 26.1 Å². The quantitative estimate of drug-likeness (QED) is 0.349. The Labute approximate surface area is 192 Å². The number of ketones is 1. The Bertz CT molecular complexity index is 853. The summed E-state index contributed by atoms with van der Waals surface area (Å²) in [5.41, 5.74) is 0.105. The van der Waals surface area contributed by atoms with Gasteiger partial charge in [0.2, 0.25) is 5.91 Å². The minimum absolute atomic E-state index is 0.0421. The second-order valence-electron chi connectivity index (χ2n) is 11.1. The van der Waals surface area contributed by atoms with Crippen LogP contribution in [0.4, 0.5) is 4.79 Å². The summed E-state index contributed by atoms with van der Waals surface area (Å²) in [5.74, 6) is -0.126. The van der Waals surface area contributed by atoms with Crippen LogP contribution in [0, 0.1) is 5.92 Å². The van der Waals surface area contributed by atoms with Crippen molar-refractivity contribution in [1.82, 2.24) is 10.6 Å². The summed E-state index contributed by atoms with van der Waals surface area (Å²) >= 11 is 0. The van der Waals surface area contributed by atoms with E-state index in [1.165, 1.54) is 0 Å². The minimum atomic E-state index is -2.02. The number of carbonyl (C=O) groups excluding carboxylic acids is 3. The molecule has 1 aromatic rings. The van der Waals surface area contributed by atoms with E-state index in [1.54, 1.807) is 24.3 Å². The standard InChI is InChI=1S/C24H38N2O5Si/c1-15(31-32(8,9)24(5,6)7)20-18(25-21(20)28)14-19(27)16-10-12-17(13-11-16)30-22(29)26-23(2,3)4/h10-13,15,18,20H,14H2,1-9H3,(H,25,28)(H,26,29)/t15-,18-,20-/m1/s1. The largest absolute Gasteiger partial charge is 0.413 e. The van der Waals surface area contributed by atoms with Crippen molar-refractivity contribution in [3.05, 3.63) is 29.8 Å². The lowest BCUT2D eigenvalue weighted by atomic mass is 9.82. The van der Waals surface area contributed by atoms with Crippen molar-refractivity contribution in [2.45, 2.75) is 90.7 Å². The van der Waals surface area contributed by atoms with Gasteiger partial charge >= 0.3 is 6.09 Å². The molecule has 0 aromatic heterocycles. The molecule has 1 heterocycles. The number of benzene rings is 1. The van der Waals surface area contributed by atoms with Crippen molar-refractivity contribution < 1.29 is 23.5 Å². The molecule has 32 heavy (non-hydrogen) atoms. The molecule has 2 rings (SSSR count). The van der Waals surface area contributed by atoms with Gasteiger partial charge in [-0.3, -0.25) is 9.59 Å². The normalized spacial score (nSPS) is 20.1. The molecule has 1 aliphatic heterocycles. The average molecular weight is 463 g/mol. The summed E-state index contributed by atoms with van der Waals surface area (Å²) in [4.78, 5) is 36.9. The Morgan fingerprint density at radius 2 is 1.66 bits per heavy atom. The van der Waals surface area contributed by atoms with Gasteiger partial charge in [0.25, 0.3) is 0 Å². The van der Waals surface area contributed by atoms with Crippen LogP contribution in [0.3, 0.4) is 0 Å². The Morgan fingerprint density at radius 1 is 1.09 bits per heavy atom. The molecule has 0 saturated carbocycles. The molecule has 8 heteroatoms. The van der Waals surface area contributed by atoms with Crippen molar-refractivity contribution in [2.75, 3.05) is 0 Å². The third-order valence-corrected chi connectivity index (χ3v) is 10.7. The van der Waals surface area contributed by atoms with Gasteiger partial charge in [0, 0.05) is 17.5 Å². The van der Waals surface area contributed by atoms with Crippen LogP contribution in [0.15, 0.2) is 24.3 Å². The van der Waals surface area contributed by atoms with Gasteiger partial charge in [-0.2, -0.15) is 0 Å². The smallest absolute Gasteiger partial charge is 0.413 e. The number of hydrogen-bond acceptors (Lipinski definition) is 5. The molecular weight excluding hydrogens is 424 g/mol. The molecule has 3 atom stereocenters. The first-order chi connectivity index (χ1) is 14.5. The molecule has 1 aliphatic rings. The van der Waals surface area contributed by atoms with Crippen LogP contribution in [0.1, 0.15) is 65.2 Å². The maximum absolute atomic E-state index is 12.8.